The molecular formula is C40H53N3O7. The Bertz CT molecular complexity index is 1420. The standard InChI is InChI=1S/C40H53N3O7/c1-4-6-21-36(43-40(48)50-26-35-33-19-12-10-17-31(33)32-18-11-13-20-34(32)35)39(47)49-25-30(22-28-15-8-7-9-16-28)42-38(46)29(14-5-2)23-37(45)41-27(3)24-44/h4-5,10-13,17-20,27-30,35-36,44H,1-2,6-9,14-16,21-26H2,3H3,(H,41,45)(H,42,46)(H,43,48)/t27-,29-,30+,36+/m1/s1. The van der Waals surface area contributed by atoms with Gasteiger partial charge < -0.3 is 30.5 Å². The van der Waals surface area contributed by atoms with Gasteiger partial charge in [-0.2, -0.15) is 0 Å². The van der Waals surface area contributed by atoms with Crippen molar-refractivity contribution in [2.75, 3.05) is 19.8 Å². The Hall–Kier alpha value is -4.44. The van der Waals surface area contributed by atoms with Crippen LogP contribution in [0.15, 0.2) is 73.8 Å². The van der Waals surface area contributed by atoms with Crippen molar-refractivity contribution < 1.29 is 33.8 Å². The molecule has 4 N–H and O–H groups in total. The summed E-state index contributed by atoms with van der Waals surface area (Å²) in [5, 5.41) is 17.7. The van der Waals surface area contributed by atoms with Crippen LogP contribution in [0.3, 0.4) is 0 Å². The van der Waals surface area contributed by atoms with Crippen molar-refractivity contribution in [3.05, 3.63) is 85.0 Å². The van der Waals surface area contributed by atoms with E-state index in [1.807, 2.05) is 36.4 Å². The van der Waals surface area contributed by atoms with E-state index in [9.17, 15) is 24.3 Å². The number of aliphatic hydroxyl groups is 1. The maximum Gasteiger partial charge on any atom is 0.407 e. The zero-order valence-electron chi connectivity index (χ0n) is 29.2. The number of esters is 1. The number of carbonyl (C=O) groups is 4. The molecule has 4 atom stereocenters. The zero-order valence-corrected chi connectivity index (χ0v) is 29.2. The molecule has 2 aliphatic rings. The lowest BCUT2D eigenvalue weighted by atomic mass is 9.84. The molecule has 2 aromatic rings. The van der Waals surface area contributed by atoms with Crippen molar-refractivity contribution in [2.24, 2.45) is 11.8 Å². The summed E-state index contributed by atoms with van der Waals surface area (Å²) in [6, 6.07) is 14.3. The fraction of sp³-hybridized carbons (Fsp3) is 0.500. The lowest BCUT2D eigenvalue weighted by Gasteiger charge is -2.28. The number of carbonyl (C=O) groups excluding carboxylic acids is 4. The number of alkyl carbamates (subject to hydrolysis) is 1. The number of amides is 3. The molecule has 4 rings (SSSR count). The molecule has 0 unspecified atom stereocenters. The van der Waals surface area contributed by atoms with Gasteiger partial charge in [-0.3, -0.25) is 9.59 Å². The molecule has 2 aliphatic carbocycles. The number of rotatable bonds is 19. The highest BCUT2D eigenvalue weighted by Gasteiger charge is 2.31. The Morgan fingerprint density at radius 1 is 0.900 bits per heavy atom. The minimum atomic E-state index is -0.972. The summed E-state index contributed by atoms with van der Waals surface area (Å²) in [6.07, 6.45) is 9.61. The van der Waals surface area contributed by atoms with E-state index in [2.05, 4.69) is 41.2 Å². The van der Waals surface area contributed by atoms with Gasteiger partial charge >= 0.3 is 12.1 Å². The van der Waals surface area contributed by atoms with Crippen molar-refractivity contribution in [1.29, 1.82) is 0 Å². The largest absolute Gasteiger partial charge is 0.462 e. The fourth-order valence-electron chi connectivity index (χ4n) is 7.00. The number of hydrogen-bond donors (Lipinski definition) is 4. The summed E-state index contributed by atoms with van der Waals surface area (Å²) in [4.78, 5) is 52.5. The molecule has 0 aliphatic heterocycles. The quantitative estimate of drug-likeness (QED) is 0.106. The van der Waals surface area contributed by atoms with E-state index in [1.54, 1.807) is 19.1 Å². The first kappa shape index (κ1) is 38.4. The normalized spacial score (nSPS) is 16.4. The van der Waals surface area contributed by atoms with Crippen molar-refractivity contribution in [1.82, 2.24) is 16.0 Å². The van der Waals surface area contributed by atoms with Crippen LogP contribution in [0.2, 0.25) is 0 Å². The summed E-state index contributed by atoms with van der Waals surface area (Å²) in [5.74, 6) is -1.71. The van der Waals surface area contributed by atoms with E-state index >= 15 is 0 Å². The second-order valence-corrected chi connectivity index (χ2v) is 13.5. The summed E-state index contributed by atoms with van der Waals surface area (Å²) in [5.41, 5.74) is 4.42. The maximum atomic E-state index is 13.5. The lowest BCUT2D eigenvalue weighted by molar-refractivity contribution is -0.148. The van der Waals surface area contributed by atoms with Gasteiger partial charge in [0.2, 0.25) is 11.8 Å². The van der Waals surface area contributed by atoms with Crippen molar-refractivity contribution in [3.8, 4) is 11.1 Å². The fourth-order valence-corrected chi connectivity index (χ4v) is 7.00. The van der Waals surface area contributed by atoms with Crippen molar-refractivity contribution in [3.63, 3.8) is 0 Å². The molecule has 3 amide bonds. The Balaban J connectivity index is 1.38. The molecule has 50 heavy (non-hydrogen) atoms. The minimum Gasteiger partial charge on any atom is -0.462 e. The smallest absolute Gasteiger partial charge is 0.407 e. The molecule has 2 aromatic carbocycles. The van der Waals surface area contributed by atoms with Gasteiger partial charge in [0.05, 0.1) is 18.6 Å². The number of nitrogens with one attached hydrogen (secondary N) is 3. The van der Waals surface area contributed by atoms with Crippen LogP contribution in [0.5, 0.6) is 0 Å². The molecule has 0 heterocycles. The molecule has 1 saturated carbocycles. The zero-order chi connectivity index (χ0) is 35.9. The van der Waals surface area contributed by atoms with E-state index in [0.29, 0.717) is 18.8 Å². The van der Waals surface area contributed by atoms with Gasteiger partial charge in [0.1, 0.15) is 19.3 Å². The van der Waals surface area contributed by atoms with Gasteiger partial charge in [0.25, 0.3) is 0 Å². The van der Waals surface area contributed by atoms with E-state index in [0.717, 1.165) is 47.9 Å². The average Bonchev–Trinajstić information content (AvgIpc) is 3.44. The molecule has 10 nitrogen and oxygen atoms in total. The number of allylic oxidation sites excluding steroid dienone is 2. The van der Waals surface area contributed by atoms with Gasteiger partial charge in [-0.15, -0.1) is 13.2 Å². The summed E-state index contributed by atoms with van der Waals surface area (Å²) < 4.78 is 11.5. The number of benzene rings is 2. The van der Waals surface area contributed by atoms with E-state index in [1.165, 1.54) is 6.42 Å². The number of hydrogen-bond acceptors (Lipinski definition) is 7. The van der Waals surface area contributed by atoms with Gasteiger partial charge in [0.15, 0.2) is 0 Å². The predicted molar refractivity (Wildman–Crippen MR) is 193 cm³/mol. The molecule has 0 radical (unpaired) electrons. The van der Waals surface area contributed by atoms with Crippen LogP contribution in [0.25, 0.3) is 11.1 Å². The van der Waals surface area contributed by atoms with E-state index in [4.69, 9.17) is 9.47 Å². The van der Waals surface area contributed by atoms with Gasteiger partial charge in [-0.05, 0) is 60.8 Å². The molecular weight excluding hydrogens is 634 g/mol. The number of aliphatic hydroxyl groups excluding tert-OH is 1. The SMILES string of the molecule is C=CCC[C@H](NC(=O)OCC1c2ccccc2-c2ccccc21)C(=O)OC[C@H](CC1CCCCC1)NC(=O)[C@H](CC=C)CC(=O)N[C@H](C)CO. The van der Waals surface area contributed by atoms with Crippen molar-refractivity contribution >= 4 is 23.9 Å². The summed E-state index contributed by atoms with van der Waals surface area (Å²) in [7, 11) is 0. The summed E-state index contributed by atoms with van der Waals surface area (Å²) in [6.45, 7) is 9.02. The lowest BCUT2D eigenvalue weighted by Crippen LogP contribution is -2.47. The molecule has 0 saturated heterocycles. The maximum absolute atomic E-state index is 13.5. The third-order valence-electron chi connectivity index (χ3n) is 9.63. The van der Waals surface area contributed by atoms with Crippen molar-refractivity contribution in [2.45, 2.75) is 95.2 Å². The van der Waals surface area contributed by atoms with Crippen LogP contribution in [0.1, 0.15) is 88.2 Å². The van der Waals surface area contributed by atoms with Crippen LogP contribution >= 0.6 is 0 Å². The molecule has 270 valence electrons. The highest BCUT2D eigenvalue weighted by Crippen LogP contribution is 2.44. The third kappa shape index (κ3) is 11.0. The van der Waals surface area contributed by atoms with Crippen LogP contribution in [-0.2, 0) is 23.9 Å². The van der Waals surface area contributed by atoms with Crippen LogP contribution < -0.4 is 16.0 Å². The number of ether oxygens (including phenoxy) is 2. The Kier molecular flexibility index (Phi) is 15.1. The number of fused-ring (bicyclic) bond motifs is 3. The molecule has 0 aromatic heterocycles. The summed E-state index contributed by atoms with van der Waals surface area (Å²) >= 11 is 0. The van der Waals surface area contributed by atoms with Crippen LogP contribution in [0.4, 0.5) is 4.79 Å². The third-order valence-corrected chi connectivity index (χ3v) is 9.63. The van der Waals surface area contributed by atoms with Gasteiger partial charge in [-0.1, -0.05) is 92.8 Å². The first-order valence-corrected chi connectivity index (χ1v) is 17.9. The minimum absolute atomic E-state index is 0.0637. The van der Waals surface area contributed by atoms with Crippen LogP contribution in [-0.4, -0.2) is 66.9 Å². The van der Waals surface area contributed by atoms with E-state index < -0.39 is 36.1 Å². The first-order chi connectivity index (χ1) is 24.2. The second-order valence-electron chi connectivity index (χ2n) is 13.5. The topological polar surface area (TPSA) is 143 Å². The molecule has 10 heteroatoms. The highest BCUT2D eigenvalue weighted by atomic mass is 16.6. The highest BCUT2D eigenvalue weighted by molar-refractivity contribution is 5.86. The monoisotopic (exact) mass is 687 g/mol. The first-order valence-electron chi connectivity index (χ1n) is 17.9. The molecule has 0 bridgehead atoms. The van der Waals surface area contributed by atoms with E-state index in [-0.39, 0.29) is 56.8 Å². The Morgan fingerprint density at radius 2 is 1.56 bits per heavy atom. The average molecular weight is 688 g/mol. The molecule has 0 spiro atoms. The van der Waals surface area contributed by atoms with Gasteiger partial charge in [-0.25, -0.2) is 9.59 Å². The van der Waals surface area contributed by atoms with Crippen LogP contribution in [0, 0.1) is 11.8 Å². The Labute approximate surface area is 296 Å². The Morgan fingerprint density at radius 3 is 2.18 bits per heavy atom. The molecule has 1 fully saturated rings. The second kappa shape index (κ2) is 19.7. The van der Waals surface area contributed by atoms with Gasteiger partial charge in [0, 0.05) is 18.4 Å². The predicted octanol–water partition coefficient (Wildman–Crippen LogP) is 5.94.